The molecule has 0 spiro atoms. The van der Waals surface area contributed by atoms with Crippen molar-refractivity contribution in [3.8, 4) is 33.4 Å². The summed E-state index contributed by atoms with van der Waals surface area (Å²) in [6.45, 7) is 1.17. The van der Waals surface area contributed by atoms with E-state index in [0.29, 0.717) is 13.2 Å². The molecule has 0 aliphatic carbocycles. The molecule has 7 heteroatoms. The molecule has 0 amide bonds. The van der Waals surface area contributed by atoms with Crippen LogP contribution in [0.2, 0.25) is 0 Å². The SMILES string of the molecule is COc1ccc(N(c2ccc(OC)cc2)c2ccc(-c3sc(I)c4c3OCCO4)cc2)cc1. The molecule has 1 aliphatic heterocycles. The third-order valence-corrected chi connectivity index (χ3v) is 7.55. The summed E-state index contributed by atoms with van der Waals surface area (Å²) in [5, 5.41) is 0. The molecule has 0 saturated heterocycles. The highest BCUT2D eigenvalue weighted by Crippen LogP contribution is 2.50. The van der Waals surface area contributed by atoms with Crippen LogP contribution in [0.25, 0.3) is 10.4 Å². The fraction of sp³-hybridized carbons (Fsp3) is 0.154. The Morgan fingerprint density at radius 3 is 1.64 bits per heavy atom. The van der Waals surface area contributed by atoms with Gasteiger partial charge in [0.1, 0.15) is 27.6 Å². The predicted molar refractivity (Wildman–Crippen MR) is 141 cm³/mol. The molecule has 5 rings (SSSR count). The predicted octanol–water partition coefficient (Wildman–Crippen LogP) is 7.28. The van der Waals surface area contributed by atoms with Crippen molar-refractivity contribution in [1.82, 2.24) is 0 Å². The lowest BCUT2D eigenvalue weighted by Gasteiger charge is -2.26. The van der Waals surface area contributed by atoms with Crippen LogP contribution in [-0.4, -0.2) is 27.4 Å². The van der Waals surface area contributed by atoms with Crippen LogP contribution in [0.3, 0.4) is 0 Å². The molecular weight excluding hydrogens is 549 g/mol. The normalized spacial score (nSPS) is 12.3. The third kappa shape index (κ3) is 4.35. The van der Waals surface area contributed by atoms with E-state index < -0.39 is 0 Å². The van der Waals surface area contributed by atoms with Gasteiger partial charge >= 0.3 is 0 Å². The molecule has 0 bridgehead atoms. The molecule has 0 radical (unpaired) electrons. The summed E-state index contributed by atoms with van der Waals surface area (Å²) in [5.41, 5.74) is 4.23. The molecular formula is C26H22INO4S. The van der Waals surface area contributed by atoms with Crippen molar-refractivity contribution in [2.45, 2.75) is 0 Å². The highest BCUT2D eigenvalue weighted by Gasteiger charge is 2.24. The summed E-state index contributed by atoms with van der Waals surface area (Å²) in [4.78, 5) is 3.30. The van der Waals surface area contributed by atoms with Crippen LogP contribution >= 0.6 is 33.9 Å². The van der Waals surface area contributed by atoms with Crippen molar-refractivity contribution in [1.29, 1.82) is 0 Å². The zero-order valence-corrected chi connectivity index (χ0v) is 21.2. The van der Waals surface area contributed by atoms with Crippen LogP contribution in [0.1, 0.15) is 0 Å². The Labute approximate surface area is 210 Å². The van der Waals surface area contributed by atoms with Gasteiger partial charge in [-0.05, 0) is 88.8 Å². The molecule has 1 aromatic heterocycles. The maximum absolute atomic E-state index is 5.94. The van der Waals surface area contributed by atoms with Gasteiger partial charge in [-0.2, -0.15) is 0 Å². The zero-order chi connectivity index (χ0) is 22.8. The fourth-order valence-corrected chi connectivity index (χ4v) is 5.76. The molecule has 33 heavy (non-hydrogen) atoms. The van der Waals surface area contributed by atoms with Crippen LogP contribution < -0.4 is 23.8 Å². The minimum absolute atomic E-state index is 0.577. The topological polar surface area (TPSA) is 40.2 Å². The second-order valence-corrected chi connectivity index (χ2v) is 10.2. The summed E-state index contributed by atoms with van der Waals surface area (Å²) < 4.78 is 23.6. The molecule has 5 nitrogen and oxygen atoms in total. The average Bonchev–Trinajstić information content (AvgIpc) is 3.22. The number of nitrogens with zero attached hydrogens (tertiary/aromatic N) is 1. The van der Waals surface area contributed by atoms with Crippen molar-refractivity contribution >= 4 is 51.0 Å². The van der Waals surface area contributed by atoms with E-state index in [2.05, 4.69) is 76.0 Å². The van der Waals surface area contributed by atoms with Gasteiger partial charge in [0.05, 0.1) is 19.1 Å². The Bertz CT molecular complexity index is 1190. The highest BCUT2D eigenvalue weighted by atomic mass is 127. The second-order valence-electron chi connectivity index (χ2n) is 7.34. The fourth-order valence-electron chi connectivity index (χ4n) is 3.78. The number of anilines is 3. The maximum Gasteiger partial charge on any atom is 0.186 e. The first kappa shape index (κ1) is 21.9. The van der Waals surface area contributed by atoms with Gasteiger partial charge in [0.2, 0.25) is 0 Å². The summed E-state index contributed by atoms with van der Waals surface area (Å²) in [6.07, 6.45) is 0. The molecule has 0 N–H and O–H groups in total. The van der Waals surface area contributed by atoms with E-state index in [1.165, 1.54) is 0 Å². The van der Waals surface area contributed by atoms with Crippen molar-refractivity contribution in [2.24, 2.45) is 0 Å². The van der Waals surface area contributed by atoms with Gasteiger partial charge in [-0.15, -0.1) is 11.3 Å². The first-order valence-electron chi connectivity index (χ1n) is 10.4. The first-order chi connectivity index (χ1) is 16.2. The molecule has 0 fully saturated rings. The maximum atomic E-state index is 5.94. The molecule has 168 valence electrons. The van der Waals surface area contributed by atoms with Crippen molar-refractivity contribution in [3.63, 3.8) is 0 Å². The summed E-state index contributed by atoms with van der Waals surface area (Å²) in [6, 6.07) is 24.6. The van der Waals surface area contributed by atoms with Gasteiger partial charge in [-0.3, -0.25) is 0 Å². The Kier molecular flexibility index (Phi) is 6.32. The number of ether oxygens (including phenoxy) is 4. The summed E-state index contributed by atoms with van der Waals surface area (Å²) in [5.74, 6) is 3.36. The molecule has 1 aliphatic rings. The van der Waals surface area contributed by atoms with Gasteiger partial charge in [0, 0.05) is 17.1 Å². The Hall–Kier alpha value is -2.91. The summed E-state index contributed by atoms with van der Waals surface area (Å²) in [7, 11) is 3.35. The van der Waals surface area contributed by atoms with Gasteiger partial charge < -0.3 is 23.8 Å². The highest BCUT2D eigenvalue weighted by molar-refractivity contribution is 14.1. The number of hydrogen-bond acceptors (Lipinski definition) is 6. The summed E-state index contributed by atoms with van der Waals surface area (Å²) >= 11 is 4.01. The monoisotopic (exact) mass is 571 g/mol. The van der Waals surface area contributed by atoms with E-state index in [-0.39, 0.29) is 0 Å². The van der Waals surface area contributed by atoms with Crippen LogP contribution in [0.15, 0.2) is 72.8 Å². The number of halogens is 1. The first-order valence-corrected chi connectivity index (χ1v) is 12.3. The van der Waals surface area contributed by atoms with Crippen LogP contribution in [0.4, 0.5) is 17.1 Å². The zero-order valence-electron chi connectivity index (χ0n) is 18.2. The van der Waals surface area contributed by atoms with E-state index >= 15 is 0 Å². The van der Waals surface area contributed by atoms with Gasteiger partial charge in [-0.25, -0.2) is 0 Å². The van der Waals surface area contributed by atoms with Crippen molar-refractivity contribution < 1.29 is 18.9 Å². The van der Waals surface area contributed by atoms with E-state index in [4.69, 9.17) is 18.9 Å². The Morgan fingerprint density at radius 2 is 1.15 bits per heavy atom. The number of hydrogen-bond donors (Lipinski definition) is 0. The molecule has 3 aromatic carbocycles. The number of thiophene rings is 1. The molecule has 4 aromatic rings. The number of fused-ring (bicyclic) bond motifs is 1. The standard InChI is InChI=1S/C26H22INO4S/c1-29-21-11-7-19(8-12-21)28(20-9-13-22(30-2)14-10-20)18-5-3-17(4-6-18)25-23-24(26(27)33-25)32-16-15-31-23/h3-14H,15-16H2,1-2H3. The Morgan fingerprint density at radius 1 is 0.697 bits per heavy atom. The number of methoxy groups -OCH3 is 2. The van der Waals surface area contributed by atoms with Crippen molar-refractivity contribution in [2.75, 3.05) is 32.3 Å². The quantitative estimate of drug-likeness (QED) is 0.228. The second kappa shape index (κ2) is 9.52. The molecule has 0 unspecified atom stereocenters. The van der Waals surface area contributed by atoms with E-state index in [9.17, 15) is 0 Å². The Balaban J connectivity index is 1.53. The van der Waals surface area contributed by atoms with Crippen molar-refractivity contribution in [3.05, 3.63) is 75.7 Å². The molecule has 0 atom stereocenters. The lowest BCUT2D eigenvalue weighted by molar-refractivity contribution is 0.173. The lowest BCUT2D eigenvalue weighted by atomic mass is 10.1. The number of rotatable bonds is 6. The minimum atomic E-state index is 0.577. The molecule has 0 saturated carbocycles. The molecule has 2 heterocycles. The van der Waals surface area contributed by atoms with Crippen LogP contribution in [0, 0.1) is 2.88 Å². The minimum Gasteiger partial charge on any atom is -0.497 e. The number of benzene rings is 3. The van der Waals surface area contributed by atoms with Crippen LogP contribution in [0.5, 0.6) is 23.0 Å². The average molecular weight is 571 g/mol. The van der Waals surface area contributed by atoms with E-state index in [0.717, 1.165) is 53.4 Å². The largest absolute Gasteiger partial charge is 0.497 e. The van der Waals surface area contributed by atoms with E-state index in [1.54, 1.807) is 25.6 Å². The van der Waals surface area contributed by atoms with Crippen LogP contribution in [-0.2, 0) is 0 Å². The van der Waals surface area contributed by atoms with Gasteiger partial charge in [0.25, 0.3) is 0 Å². The third-order valence-electron chi connectivity index (χ3n) is 5.41. The van der Waals surface area contributed by atoms with Gasteiger partial charge in [0.15, 0.2) is 11.5 Å². The smallest absolute Gasteiger partial charge is 0.186 e. The lowest BCUT2D eigenvalue weighted by Crippen LogP contribution is -2.14. The van der Waals surface area contributed by atoms with Gasteiger partial charge in [-0.1, -0.05) is 12.1 Å². The van der Waals surface area contributed by atoms with E-state index in [1.807, 2.05) is 24.3 Å².